The zero-order chi connectivity index (χ0) is 12.8. The molecule has 0 bridgehead atoms. The summed E-state index contributed by atoms with van der Waals surface area (Å²) in [5.74, 6) is 0.159. The van der Waals surface area contributed by atoms with Gasteiger partial charge in [0.15, 0.2) is 5.52 Å². The van der Waals surface area contributed by atoms with Gasteiger partial charge in [-0.3, -0.25) is 5.10 Å². The summed E-state index contributed by atoms with van der Waals surface area (Å²) in [6.45, 7) is 3.63. The van der Waals surface area contributed by atoms with Crippen LogP contribution < -0.4 is 0 Å². The average molecular weight is 257 g/mol. The quantitative estimate of drug-likeness (QED) is 0.699. The van der Waals surface area contributed by atoms with Crippen molar-refractivity contribution in [2.24, 2.45) is 0 Å². The first-order valence-electron chi connectivity index (χ1n) is 5.47. The van der Waals surface area contributed by atoms with E-state index in [4.69, 9.17) is 5.11 Å². The summed E-state index contributed by atoms with van der Waals surface area (Å²) in [5, 5.41) is 19.0. The van der Waals surface area contributed by atoms with Crippen LogP contribution in [0.1, 0.15) is 5.56 Å². The van der Waals surface area contributed by atoms with Gasteiger partial charge in [0.1, 0.15) is 5.75 Å². The smallest absolute Gasteiger partial charge is 0.154 e. The van der Waals surface area contributed by atoms with Gasteiger partial charge in [0.2, 0.25) is 0 Å². The van der Waals surface area contributed by atoms with Gasteiger partial charge >= 0.3 is 0 Å². The summed E-state index contributed by atoms with van der Waals surface area (Å²) >= 11 is 0. The standard InChI is InChI=1S/C8H8.C6H5N3O.H2O/c1-2-8-6-4-3-5-7-8;10-5-3-1-2-4-6(5)8-9-7-4;/h2-7H,1H2;1-3,10H,(H,7,8,9);1H2. The third-order valence-corrected chi connectivity index (χ3v) is 2.37. The van der Waals surface area contributed by atoms with Crippen LogP contribution >= 0.6 is 0 Å². The fourth-order valence-corrected chi connectivity index (χ4v) is 1.44. The van der Waals surface area contributed by atoms with Gasteiger partial charge in [-0.05, 0) is 17.7 Å². The molecule has 0 fully saturated rings. The molecule has 0 amide bonds. The minimum Gasteiger partial charge on any atom is -0.506 e. The Kier molecular flexibility index (Phi) is 5.25. The highest BCUT2D eigenvalue weighted by Gasteiger charge is 1.99. The van der Waals surface area contributed by atoms with Crippen LogP contribution in [-0.4, -0.2) is 26.0 Å². The lowest BCUT2D eigenvalue weighted by Gasteiger charge is -1.87. The summed E-state index contributed by atoms with van der Waals surface area (Å²) in [6.07, 6.45) is 1.83. The summed E-state index contributed by atoms with van der Waals surface area (Å²) in [7, 11) is 0. The van der Waals surface area contributed by atoms with Crippen LogP contribution in [0.2, 0.25) is 0 Å². The molecule has 0 aliphatic carbocycles. The highest BCUT2D eigenvalue weighted by molar-refractivity contribution is 5.79. The maximum absolute atomic E-state index is 9.14. The fourth-order valence-electron chi connectivity index (χ4n) is 1.44. The average Bonchev–Trinajstić information content (AvgIpc) is 2.90. The normalized spacial score (nSPS) is 9.05. The molecule has 5 heteroatoms. The van der Waals surface area contributed by atoms with E-state index >= 15 is 0 Å². The van der Waals surface area contributed by atoms with Crippen LogP contribution in [0.3, 0.4) is 0 Å². The molecule has 0 aliphatic rings. The molecule has 0 spiro atoms. The molecule has 0 radical (unpaired) electrons. The Balaban J connectivity index is 0.000000185. The lowest BCUT2D eigenvalue weighted by molar-refractivity contribution is 0.480. The van der Waals surface area contributed by atoms with Crippen molar-refractivity contribution < 1.29 is 10.6 Å². The van der Waals surface area contributed by atoms with E-state index in [1.807, 2.05) is 36.4 Å². The summed E-state index contributed by atoms with van der Waals surface area (Å²) in [6, 6.07) is 15.1. The number of aromatic amines is 1. The molecule has 4 N–H and O–H groups in total. The number of benzene rings is 2. The summed E-state index contributed by atoms with van der Waals surface area (Å²) < 4.78 is 0. The maximum atomic E-state index is 9.14. The third kappa shape index (κ3) is 3.65. The fraction of sp³-hybridized carbons (Fsp3) is 0. The number of nitrogens with one attached hydrogen (secondary N) is 1. The first kappa shape index (κ1) is 14.4. The van der Waals surface area contributed by atoms with Crippen molar-refractivity contribution >= 4 is 17.1 Å². The van der Waals surface area contributed by atoms with E-state index in [0.29, 0.717) is 5.52 Å². The van der Waals surface area contributed by atoms with Crippen LogP contribution in [0.15, 0.2) is 55.1 Å². The van der Waals surface area contributed by atoms with E-state index in [1.165, 1.54) is 5.56 Å². The monoisotopic (exact) mass is 257 g/mol. The highest BCUT2D eigenvalue weighted by atomic mass is 16.3. The number of hydrogen-bond acceptors (Lipinski definition) is 3. The van der Waals surface area contributed by atoms with Crippen molar-refractivity contribution in [3.8, 4) is 5.75 Å². The molecule has 0 aliphatic heterocycles. The molecule has 5 nitrogen and oxygen atoms in total. The number of hydrogen-bond donors (Lipinski definition) is 2. The van der Waals surface area contributed by atoms with E-state index in [-0.39, 0.29) is 11.2 Å². The maximum Gasteiger partial charge on any atom is 0.154 e. The number of nitrogens with zero attached hydrogens (tertiary/aromatic N) is 2. The van der Waals surface area contributed by atoms with Crippen LogP contribution in [0, 0.1) is 0 Å². The van der Waals surface area contributed by atoms with E-state index < -0.39 is 0 Å². The minimum absolute atomic E-state index is 0. The van der Waals surface area contributed by atoms with Crippen molar-refractivity contribution in [2.75, 3.05) is 0 Å². The lowest BCUT2D eigenvalue weighted by atomic mass is 10.2. The van der Waals surface area contributed by atoms with Crippen LogP contribution in [-0.2, 0) is 0 Å². The molecule has 2 aromatic carbocycles. The molecule has 1 heterocycles. The van der Waals surface area contributed by atoms with Crippen LogP contribution in [0.25, 0.3) is 17.1 Å². The predicted octanol–water partition coefficient (Wildman–Crippen LogP) is 2.17. The minimum atomic E-state index is 0. The van der Waals surface area contributed by atoms with Crippen LogP contribution in [0.4, 0.5) is 0 Å². The molecule has 3 rings (SSSR count). The Labute approximate surface area is 110 Å². The van der Waals surface area contributed by atoms with Gasteiger partial charge in [-0.25, -0.2) is 0 Å². The molecule has 0 saturated heterocycles. The zero-order valence-corrected chi connectivity index (χ0v) is 10.2. The lowest BCUT2D eigenvalue weighted by Crippen LogP contribution is -1.68. The molecule has 3 aromatic rings. The SMILES string of the molecule is C=Cc1ccccc1.O.Oc1cccc2[nH]nnc12. The van der Waals surface area contributed by atoms with Gasteiger partial charge in [0.05, 0.1) is 5.52 Å². The molecule has 0 unspecified atom stereocenters. The number of aromatic nitrogens is 3. The topological polar surface area (TPSA) is 93.3 Å². The van der Waals surface area contributed by atoms with Gasteiger partial charge in [-0.15, -0.1) is 5.10 Å². The second-order valence-corrected chi connectivity index (χ2v) is 3.60. The van der Waals surface area contributed by atoms with Gasteiger partial charge < -0.3 is 10.6 Å². The van der Waals surface area contributed by atoms with Crippen molar-refractivity contribution in [3.63, 3.8) is 0 Å². The van der Waals surface area contributed by atoms with Gasteiger partial charge in [-0.1, -0.05) is 54.3 Å². The number of aromatic hydroxyl groups is 1. The molecule has 0 atom stereocenters. The van der Waals surface area contributed by atoms with E-state index in [1.54, 1.807) is 18.2 Å². The Bertz CT molecular complexity index is 635. The molecule has 1 aromatic heterocycles. The Morgan fingerprint density at radius 3 is 2.37 bits per heavy atom. The first-order chi connectivity index (χ1) is 8.81. The van der Waals surface area contributed by atoms with Crippen molar-refractivity contribution in [1.29, 1.82) is 0 Å². The molecular weight excluding hydrogens is 242 g/mol. The van der Waals surface area contributed by atoms with Gasteiger partial charge in [0.25, 0.3) is 0 Å². The number of fused-ring (bicyclic) bond motifs is 1. The first-order valence-corrected chi connectivity index (χ1v) is 5.47. The van der Waals surface area contributed by atoms with E-state index in [0.717, 1.165) is 5.52 Å². The Morgan fingerprint density at radius 1 is 1.05 bits per heavy atom. The molecule has 98 valence electrons. The number of rotatable bonds is 1. The van der Waals surface area contributed by atoms with Gasteiger partial charge in [-0.2, -0.15) is 0 Å². The third-order valence-electron chi connectivity index (χ3n) is 2.37. The van der Waals surface area contributed by atoms with Crippen molar-refractivity contribution in [2.45, 2.75) is 0 Å². The zero-order valence-electron chi connectivity index (χ0n) is 10.2. The van der Waals surface area contributed by atoms with Gasteiger partial charge in [0, 0.05) is 0 Å². The molecule has 19 heavy (non-hydrogen) atoms. The summed E-state index contributed by atoms with van der Waals surface area (Å²) in [4.78, 5) is 0. The van der Waals surface area contributed by atoms with Crippen molar-refractivity contribution in [1.82, 2.24) is 15.4 Å². The number of H-pyrrole nitrogens is 1. The number of phenolic OH excluding ortho intramolecular Hbond substituents is 1. The number of phenols is 1. The molecule has 0 saturated carbocycles. The largest absolute Gasteiger partial charge is 0.506 e. The van der Waals surface area contributed by atoms with E-state index in [2.05, 4.69) is 22.0 Å². The summed E-state index contributed by atoms with van der Waals surface area (Å²) in [5.41, 5.74) is 2.44. The Morgan fingerprint density at radius 2 is 1.79 bits per heavy atom. The highest BCUT2D eigenvalue weighted by Crippen LogP contribution is 2.18. The van der Waals surface area contributed by atoms with E-state index in [9.17, 15) is 0 Å². The Hall–Kier alpha value is -2.66. The second-order valence-electron chi connectivity index (χ2n) is 3.60. The van der Waals surface area contributed by atoms with Crippen LogP contribution in [0.5, 0.6) is 5.75 Å². The predicted molar refractivity (Wildman–Crippen MR) is 75.7 cm³/mol. The van der Waals surface area contributed by atoms with Crippen molar-refractivity contribution in [3.05, 3.63) is 60.7 Å². The molecular formula is C14H15N3O2. The second kappa shape index (κ2) is 6.93.